The van der Waals surface area contributed by atoms with Crippen LogP contribution in [-0.2, 0) is 0 Å². The average Bonchev–Trinajstić information content (AvgIpc) is 2.38. The van der Waals surface area contributed by atoms with Gasteiger partial charge in [0.25, 0.3) is 0 Å². The smallest absolute Gasteiger partial charge is 0.137 e. The fourth-order valence-electron chi connectivity index (χ4n) is 6.12. The molecule has 3 unspecified atom stereocenters. The zero-order valence-corrected chi connectivity index (χ0v) is 14.7. The van der Waals surface area contributed by atoms with E-state index in [1.165, 1.54) is 44.6 Å². The van der Waals surface area contributed by atoms with Crippen molar-refractivity contribution >= 4 is 27.5 Å². The molecule has 0 spiro atoms. The van der Waals surface area contributed by atoms with Crippen LogP contribution in [0.1, 0.15) is 56.4 Å². The van der Waals surface area contributed by atoms with Gasteiger partial charge in [-0.3, -0.25) is 0 Å². The SMILES string of the molecule is CC12CC3CC(C1)CC(C(Cl)c1ccc(F)c(Br)c1)(C3)C2. The van der Waals surface area contributed by atoms with Crippen LogP contribution >= 0.6 is 27.5 Å². The zero-order chi connectivity index (χ0) is 14.8. The van der Waals surface area contributed by atoms with Gasteiger partial charge in [0.2, 0.25) is 0 Å². The normalized spacial score (nSPS) is 42.3. The maximum Gasteiger partial charge on any atom is 0.137 e. The van der Waals surface area contributed by atoms with Crippen LogP contribution in [0, 0.1) is 28.5 Å². The maximum absolute atomic E-state index is 13.5. The second-order valence-electron chi connectivity index (χ2n) is 8.17. The van der Waals surface area contributed by atoms with E-state index in [1.807, 2.05) is 12.1 Å². The molecule has 4 fully saturated rings. The maximum atomic E-state index is 13.5. The van der Waals surface area contributed by atoms with Crippen LogP contribution in [0.15, 0.2) is 22.7 Å². The molecule has 4 aliphatic carbocycles. The highest BCUT2D eigenvalue weighted by Gasteiger charge is 2.58. The molecular weight excluding hydrogens is 351 g/mol. The fraction of sp³-hybridized carbons (Fsp3) is 0.667. The largest absolute Gasteiger partial charge is 0.206 e. The first-order valence-corrected chi connectivity index (χ1v) is 9.21. The molecule has 114 valence electrons. The summed E-state index contributed by atoms with van der Waals surface area (Å²) >= 11 is 10.3. The van der Waals surface area contributed by atoms with E-state index in [2.05, 4.69) is 22.9 Å². The Balaban J connectivity index is 1.70. The number of alkyl halides is 1. The minimum atomic E-state index is -0.208. The van der Waals surface area contributed by atoms with E-state index < -0.39 is 0 Å². The number of halogens is 3. The monoisotopic (exact) mass is 370 g/mol. The van der Waals surface area contributed by atoms with Crippen molar-refractivity contribution in [2.45, 2.75) is 50.8 Å². The summed E-state index contributed by atoms with van der Waals surface area (Å²) in [5, 5.41) is 0.0135. The molecule has 1 aromatic carbocycles. The van der Waals surface area contributed by atoms with Crippen molar-refractivity contribution in [3.63, 3.8) is 0 Å². The minimum Gasteiger partial charge on any atom is -0.206 e. The van der Waals surface area contributed by atoms with Crippen LogP contribution in [0.2, 0.25) is 0 Å². The van der Waals surface area contributed by atoms with E-state index in [0.29, 0.717) is 9.89 Å². The van der Waals surface area contributed by atoms with Gasteiger partial charge in [0.1, 0.15) is 5.82 Å². The molecule has 0 amide bonds. The Morgan fingerprint density at radius 1 is 1.24 bits per heavy atom. The first-order valence-electron chi connectivity index (χ1n) is 7.98. The quantitative estimate of drug-likeness (QED) is 0.522. The Hall–Kier alpha value is -0.0800. The molecule has 0 N–H and O–H groups in total. The third-order valence-corrected chi connectivity index (χ3v) is 7.50. The summed E-state index contributed by atoms with van der Waals surface area (Å²) in [5.74, 6) is 1.52. The van der Waals surface area contributed by atoms with E-state index >= 15 is 0 Å². The molecule has 0 nitrogen and oxygen atoms in total. The Labute approximate surface area is 139 Å². The van der Waals surface area contributed by atoms with Crippen molar-refractivity contribution in [3.05, 3.63) is 34.1 Å². The summed E-state index contributed by atoms with van der Waals surface area (Å²) in [6, 6.07) is 5.30. The summed E-state index contributed by atoms with van der Waals surface area (Å²) in [6.07, 6.45) is 7.97. The van der Waals surface area contributed by atoms with Gasteiger partial charge in [-0.2, -0.15) is 0 Å². The van der Waals surface area contributed by atoms with Gasteiger partial charge in [0.05, 0.1) is 9.85 Å². The summed E-state index contributed by atoms with van der Waals surface area (Å²) in [6.45, 7) is 2.46. The van der Waals surface area contributed by atoms with Gasteiger partial charge < -0.3 is 0 Å². The molecule has 0 aliphatic heterocycles. The lowest BCUT2D eigenvalue weighted by Gasteiger charge is -2.62. The van der Waals surface area contributed by atoms with Gasteiger partial charge in [-0.25, -0.2) is 4.39 Å². The molecule has 4 aliphatic rings. The molecule has 0 aromatic heterocycles. The van der Waals surface area contributed by atoms with Crippen LogP contribution in [0.4, 0.5) is 4.39 Å². The third kappa shape index (κ3) is 2.28. The van der Waals surface area contributed by atoms with Crippen molar-refractivity contribution in [3.8, 4) is 0 Å². The van der Waals surface area contributed by atoms with Crippen LogP contribution < -0.4 is 0 Å². The first-order chi connectivity index (χ1) is 9.89. The summed E-state index contributed by atoms with van der Waals surface area (Å²) < 4.78 is 14.0. The Bertz CT molecular complexity index is 571. The lowest BCUT2D eigenvalue weighted by Crippen LogP contribution is -2.52. The van der Waals surface area contributed by atoms with Crippen molar-refractivity contribution < 1.29 is 4.39 Å². The fourth-order valence-corrected chi connectivity index (χ4v) is 6.91. The third-order valence-electron chi connectivity index (χ3n) is 6.17. The lowest BCUT2D eigenvalue weighted by atomic mass is 9.43. The summed E-state index contributed by atoms with van der Waals surface area (Å²) in [4.78, 5) is 0. The standard InChI is InChI=1S/C18H21BrClF/c1-17-6-11-4-12(7-17)9-18(8-11,10-17)16(20)13-2-3-15(21)14(19)5-13/h2-3,5,11-12,16H,4,6-10H2,1H3. The van der Waals surface area contributed by atoms with E-state index in [1.54, 1.807) is 0 Å². The van der Waals surface area contributed by atoms with Crippen molar-refractivity contribution in [2.75, 3.05) is 0 Å². The van der Waals surface area contributed by atoms with Crippen molar-refractivity contribution in [1.29, 1.82) is 0 Å². The highest BCUT2D eigenvalue weighted by molar-refractivity contribution is 9.10. The molecule has 0 saturated heterocycles. The van der Waals surface area contributed by atoms with Crippen molar-refractivity contribution in [1.82, 2.24) is 0 Å². The van der Waals surface area contributed by atoms with Crippen LogP contribution in [0.25, 0.3) is 0 Å². The molecule has 3 atom stereocenters. The Morgan fingerprint density at radius 3 is 2.48 bits per heavy atom. The Morgan fingerprint density at radius 2 is 1.90 bits per heavy atom. The molecule has 5 rings (SSSR count). The van der Waals surface area contributed by atoms with E-state index in [-0.39, 0.29) is 16.6 Å². The van der Waals surface area contributed by atoms with Crippen LogP contribution in [0.5, 0.6) is 0 Å². The highest BCUT2D eigenvalue weighted by atomic mass is 79.9. The van der Waals surface area contributed by atoms with Crippen LogP contribution in [-0.4, -0.2) is 0 Å². The number of rotatable bonds is 2. The lowest BCUT2D eigenvalue weighted by molar-refractivity contribution is -0.103. The second-order valence-corrected chi connectivity index (χ2v) is 9.46. The van der Waals surface area contributed by atoms with E-state index in [0.717, 1.165) is 17.4 Å². The second kappa shape index (κ2) is 4.71. The van der Waals surface area contributed by atoms with Gasteiger partial charge in [0.15, 0.2) is 0 Å². The molecule has 4 bridgehead atoms. The molecule has 21 heavy (non-hydrogen) atoms. The molecule has 3 heteroatoms. The molecule has 1 aromatic rings. The summed E-state index contributed by atoms with van der Waals surface area (Å²) in [7, 11) is 0. The van der Waals surface area contributed by atoms with Crippen molar-refractivity contribution in [2.24, 2.45) is 22.7 Å². The zero-order valence-electron chi connectivity index (χ0n) is 12.3. The van der Waals surface area contributed by atoms with Gasteiger partial charge in [-0.1, -0.05) is 13.0 Å². The highest BCUT2D eigenvalue weighted by Crippen LogP contribution is 2.69. The van der Waals surface area contributed by atoms with Gasteiger partial charge in [-0.15, -0.1) is 11.6 Å². The van der Waals surface area contributed by atoms with Gasteiger partial charge in [0, 0.05) is 0 Å². The molecule has 0 heterocycles. The van der Waals surface area contributed by atoms with E-state index in [4.69, 9.17) is 11.6 Å². The van der Waals surface area contributed by atoms with E-state index in [9.17, 15) is 4.39 Å². The predicted molar refractivity (Wildman–Crippen MR) is 87.9 cm³/mol. The van der Waals surface area contributed by atoms with Gasteiger partial charge >= 0.3 is 0 Å². The Kier molecular flexibility index (Phi) is 3.25. The summed E-state index contributed by atoms with van der Waals surface area (Å²) in [5.41, 5.74) is 1.81. The molecular formula is C18H21BrClF. The predicted octanol–water partition coefficient (Wildman–Crippen LogP) is 6.47. The average molecular weight is 372 g/mol. The van der Waals surface area contributed by atoms with Crippen LogP contribution in [0.3, 0.4) is 0 Å². The molecule has 4 saturated carbocycles. The first kappa shape index (κ1) is 14.5. The number of benzene rings is 1. The topological polar surface area (TPSA) is 0 Å². The number of hydrogen-bond donors (Lipinski definition) is 0. The molecule has 0 radical (unpaired) electrons. The number of hydrogen-bond acceptors (Lipinski definition) is 0. The minimum absolute atomic E-state index is 0.0135. The van der Waals surface area contributed by atoms with Gasteiger partial charge in [-0.05, 0) is 94.8 Å².